The molecule has 0 aliphatic heterocycles. The number of aryl methyl sites for hydroxylation is 2. The van der Waals surface area contributed by atoms with Crippen molar-refractivity contribution in [3.05, 3.63) is 69.9 Å². The second-order valence-corrected chi connectivity index (χ2v) is 7.44. The lowest BCUT2D eigenvalue weighted by molar-refractivity contribution is -0.124. The molecule has 30 heavy (non-hydrogen) atoms. The second-order valence-electron chi connectivity index (χ2n) is 7.03. The second kappa shape index (κ2) is 9.59. The molecule has 0 spiro atoms. The van der Waals surface area contributed by atoms with E-state index in [9.17, 15) is 14.4 Å². The number of nitrogens with one attached hydrogen (secondary N) is 1. The number of furan rings is 1. The van der Waals surface area contributed by atoms with Crippen molar-refractivity contribution in [1.82, 2.24) is 5.32 Å². The maximum absolute atomic E-state index is 12.4. The highest BCUT2D eigenvalue weighted by Crippen LogP contribution is 2.27. The van der Waals surface area contributed by atoms with Crippen LogP contribution in [-0.2, 0) is 27.3 Å². The van der Waals surface area contributed by atoms with Crippen molar-refractivity contribution in [2.75, 3.05) is 6.61 Å². The zero-order valence-corrected chi connectivity index (χ0v) is 17.5. The molecule has 7 heteroatoms. The van der Waals surface area contributed by atoms with Crippen LogP contribution in [-0.4, -0.2) is 24.3 Å². The quantitative estimate of drug-likeness (QED) is 0.539. The Bertz CT molecular complexity index is 1100. The molecule has 3 rings (SSSR count). The minimum Gasteiger partial charge on any atom is -0.450 e. The first-order valence-electron chi connectivity index (χ1n) is 9.54. The summed E-state index contributed by atoms with van der Waals surface area (Å²) in [5.41, 5.74) is 2.94. The largest absolute Gasteiger partial charge is 0.450 e. The highest BCUT2D eigenvalue weighted by Gasteiger charge is 2.20. The van der Waals surface area contributed by atoms with Gasteiger partial charge in [-0.15, -0.1) is 0 Å². The van der Waals surface area contributed by atoms with Crippen LogP contribution in [0.25, 0.3) is 11.0 Å². The van der Waals surface area contributed by atoms with Crippen LogP contribution in [0, 0.1) is 6.92 Å². The van der Waals surface area contributed by atoms with E-state index in [-0.39, 0.29) is 18.1 Å². The molecule has 3 aromatic rings. The Hall–Kier alpha value is -3.12. The number of Topliss-reactive ketones (excluding diaryl/α,β-unsaturated/α-hetero) is 1. The maximum atomic E-state index is 12.4. The first-order chi connectivity index (χ1) is 14.3. The minimum atomic E-state index is -0.707. The highest BCUT2D eigenvalue weighted by molar-refractivity contribution is 6.31. The maximum Gasteiger partial charge on any atom is 0.375 e. The van der Waals surface area contributed by atoms with Crippen molar-refractivity contribution < 1.29 is 23.5 Å². The smallest absolute Gasteiger partial charge is 0.375 e. The van der Waals surface area contributed by atoms with Crippen LogP contribution in [0.3, 0.4) is 0 Å². The molecule has 1 amide bonds. The van der Waals surface area contributed by atoms with Crippen molar-refractivity contribution in [2.24, 2.45) is 0 Å². The molecule has 0 saturated carbocycles. The number of halogens is 1. The molecule has 1 aromatic heterocycles. The summed E-state index contributed by atoms with van der Waals surface area (Å²) in [4.78, 5) is 35.6. The molecule has 0 bridgehead atoms. The van der Waals surface area contributed by atoms with Gasteiger partial charge in [0.15, 0.2) is 6.61 Å². The lowest BCUT2D eigenvalue weighted by Gasteiger charge is -2.07. The number of benzene rings is 2. The molecular formula is C23H22ClNO5. The molecule has 1 N–H and O–H groups in total. The fraction of sp³-hybridized carbons (Fsp3) is 0.261. The fourth-order valence-corrected chi connectivity index (χ4v) is 3.22. The van der Waals surface area contributed by atoms with Crippen molar-refractivity contribution in [3.63, 3.8) is 0 Å². The third kappa shape index (κ3) is 5.27. The van der Waals surface area contributed by atoms with E-state index in [4.69, 9.17) is 20.8 Å². The zero-order valence-electron chi connectivity index (χ0n) is 16.8. The van der Waals surface area contributed by atoms with Gasteiger partial charge >= 0.3 is 5.97 Å². The van der Waals surface area contributed by atoms with E-state index in [1.807, 2.05) is 18.2 Å². The van der Waals surface area contributed by atoms with Crippen LogP contribution >= 0.6 is 11.6 Å². The summed E-state index contributed by atoms with van der Waals surface area (Å²) < 4.78 is 10.7. The average molecular weight is 428 g/mol. The standard InChI is InChI=1S/C23H22ClNO5/c1-14(26)7-8-16-9-10-20-18(11-16)15(2)22(30-20)23(28)29-13-21(27)25-12-17-5-3-4-6-19(17)24/h3-6,9-11H,7-8,12-13H2,1-2H3,(H,25,27). The van der Waals surface area contributed by atoms with Crippen LogP contribution in [0.5, 0.6) is 0 Å². The Morgan fingerprint density at radius 3 is 2.63 bits per heavy atom. The predicted molar refractivity (Wildman–Crippen MR) is 114 cm³/mol. The number of carbonyl (C=O) groups is 3. The molecule has 0 aliphatic carbocycles. The van der Waals surface area contributed by atoms with Crippen molar-refractivity contribution in [3.8, 4) is 0 Å². The Kier molecular flexibility index (Phi) is 6.90. The summed E-state index contributed by atoms with van der Waals surface area (Å²) in [5, 5.41) is 3.99. The lowest BCUT2D eigenvalue weighted by Crippen LogP contribution is -2.28. The van der Waals surface area contributed by atoms with E-state index in [2.05, 4.69) is 5.32 Å². The van der Waals surface area contributed by atoms with Gasteiger partial charge in [0, 0.05) is 28.9 Å². The molecule has 0 aliphatic rings. The van der Waals surface area contributed by atoms with Crippen LogP contribution in [0.4, 0.5) is 0 Å². The van der Waals surface area contributed by atoms with E-state index in [1.165, 1.54) is 0 Å². The number of hydrogen-bond acceptors (Lipinski definition) is 5. The number of amides is 1. The van der Waals surface area contributed by atoms with E-state index < -0.39 is 18.5 Å². The van der Waals surface area contributed by atoms with Gasteiger partial charge in [0.25, 0.3) is 5.91 Å². The Labute approximate surface area is 179 Å². The van der Waals surface area contributed by atoms with Crippen LogP contribution in [0.2, 0.25) is 5.02 Å². The Morgan fingerprint density at radius 2 is 1.90 bits per heavy atom. The summed E-state index contributed by atoms with van der Waals surface area (Å²) in [7, 11) is 0. The van der Waals surface area contributed by atoms with Gasteiger partial charge in [0.2, 0.25) is 5.76 Å². The van der Waals surface area contributed by atoms with Gasteiger partial charge in [-0.25, -0.2) is 4.79 Å². The summed E-state index contributed by atoms with van der Waals surface area (Å²) in [5.74, 6) is -0.964. The number of carbonyl (C=O) groups excluding carboxylic acids is 3. The van der Waals surface area contributed by atoms with Gasteiger partial charge in [-0.05, 0) is 49.6 Å². The van der Waals surface area contributed by atoms with E-state index in [0.717, 1.165) is 16.5 Å². The molecule has 0 unspecified atom stereocenters. The molecule has 2 aromatic carbocycles. The number of ketones is 1. The third-order valence-corrected chi connectivity index (χ3v) is 5.09. The van der Waals surface area contributed by atoms with Gasteiger partial charge in [0.1, 0.15) is 11.4 Å². The molecule has 0 saturated heterocycles. The van der Waals surface area contributed by atoms with Gasteiger partial charge in [0.05, 0.1) is 0 Å². The molecule has 6 nitrogen and oxygen atoms in total. The molecular weight excluding hydrogens is 406 g/mol. The third-order valence-electron chi connectivity index (χ3n) is 4.72. The van der Waals surface area contributed by atoms with E-state index in [0.29, 0.717) is 29.0 Å². The highest BCUT2D eigenvalue weighted by atomic mass is 35.5. The van der Waals surface area contributed by atoms with Gasteiger partial charge in [-0.3, -0.25) is 4.79 Å². The van der Waals surface area contributed by atoms with Crippen LogP contribution in [0.15, 0.2) is 46.9 Å². The first kappa shape index (κ1) is 21.6. The van der Waals surface area contributed by atoms with E-state index in [1.54, 1.807) is 38.1 Å². The fourth-order valence-electron chi connectivity index (χ4n) is 3.02. The van der Waals surface area contributed by atoms with Crippen molar-refractivity contribution in [1.29, 1.82) is 0 Å². The minimum absolute atomic E-state index is 0.0626. The molecule has 0 atom stereocenters. The zero-order chi connectivity index (χ0) is 21.7. The van der Waals surface area contributed by atoms with Gasteiger partial charge < -0.3 is 19.3 Å². The number of hydrogen-bond donors (Lipinski definition) is 1. The molecule has 0 fully saturated rings. The van der Waals surface area contributed by atoms with Crippen LogP contribution < -0.4 is 5.32 Å². The summed E-state index contributed by atoms with van der Waals surface area (Å²) in [6, 6.07) is 12.7. The van der Waals surface area contributed by atoms with Gasteiger partial charge in [-0.2, -0.15) is 0 Å². The number of esters is 1. The van der Waals surface area contributed by atoms with Gasteiger partial charge in [-0.1, -0.05) is 35.9 Å². The van der Waals surface area contributed by atoms with E-state index >= 15 is 0 Å². The Balaban J connectivity index is 1.60. The topological polar surface area (TPSA) is 85.6 Å². The number of fused-ring (bicyclic) bond motifs is 1. The predicted octanol–water partition coefficient (Wildman–Crippen LogP) is 4.39. The normalized spacial score (nSPS) is 10.8. The molecule has 0 radical (unpaired) electrons. The number of rotatable bonds is 8. The summed E-state index contributed by atoms with van der Waals surface area (Å²) in [6.45, 7) is 3.13. The molecule has 156 valence electrons. The Morgan fingerprint density at radius 1 is 1.13 bits per heavy atom. The monoisotopic (exact) mass is 427 g/mol. The van der Waals surface area contributed by atoms with Crippen LogP contribution in [0.1, 0.15) is 40.6 Å². The summed E-state index contributed by atoms with van der Waals surface area (Å²) in [6.07, 6.45) is 1.09. The average Bonchev–Trinajstić information content (AvgIpc) is 3.06. The van der Waals surface area contributed by atoms with Crippen molar-refractivity contribution >= 4 is 40.2 Å². The summed E-state index contributed by atoms with van der Waals surface area (Å²) >= 11 is 6.05. The molecule has 1 heterocycles. The van der Waals surface area contributed by atoms with Crippen molar-refractivity contribution in [2.45, 2.75) is 33.2 Å². The first-order valence-corrected chi connectivity index (χ1v) is 9.91. The number of ether oxygens (including phenoxy) is 1. The lowest BCUT2D eigenvalue weighted by atomic mass is 10.0. The SMILES string of the molecule is CC(=O)CCc1ccc2oc(C(=O)OCC(=O)NCc3ccccc3Cl)c(C)c2c1.